The Kier molecular flexibility index (Phi) is 5.06. The minimum Gasteiger partial charge on any atom is -0.394 e. The van der Waals surface area contributed by atoms with Crippen LogP contribution < -0.4 is 11.4 Å². The maximum atomic E-state index is 13.7. The molecule has 5 N–H and O–H groups in total. The Morgan fingerprint density at radius 2 is 2.26 bits per heavy atom. The van der Waals surface area contributed by atoms with Crippen LogP contribution in [0.25, 0.3) is 0 Å². The van der Waals surface area contributed by atoms with Gasteiger partial charge in [0.05, 0.1) is 12.8 Å². The molecular formula is C12H16FN3O6S. The van der Waals surface area contributed by atoms with Crippen LogP contribution in [-0.4, -0.2) is 60.7 Å². The van der Waals surface area contributed by atoms with Gasteiger partial charge in [-0.3, -0.25) is 9.36 Å². The lowest BCUT2D eigenvalue weighted by atomic mass is 10.0. The van der Waals surface area contributed by atoms with Crippen molar-refractivity contribution in [1.29, 1.82) is 0 Å². The quantitative estimate of drug-likeness (QED) is 0.485. The van der Waals surface area contributed by atoms with Crippen LogP contribution in [0.2, 0.25) is 0 Å². The number of carbonyl (C=O) groups excluding carboxylic acids is 1. The number of ether oxygens (including phenoxy) is 1. The van der Waals surface area contributed by atoms with E-state index in [2.05, 4.69) is 4.98 Å². The molecule has 0 aromatic carbocycles. The number of nitrogens with zero attached hydrogens (tertiary/aromatic N) is 2. The number of carbonyl (C=O) groups is 1. The van der Waals surface area contributed by atoms with Gasteiger partial charge in [0.2, 0.25) is 10.8 Å². The molecule has 1 aliphatic heterocycles. The van der Waals surface area contributed by atoms with Gasteiger partial charge in [0.1, 0.15) is 18.3 Å². The number of anilines is 1. The molecule has 0 aliphatic carbocycles. The second-order valence-electron chi connectivity index (χ2n) is 4.82. The molecule has 0 bridgehead atoms. The SMILES string of the molecule is CCSC(=O)[C@@]1(n2cc(F)c(N)nc2=O)O[C@H](CO)[C@@H](O)[C@H]1O. The van der Waals surface area contributed by atoms with Crippen molar-refractivity contribution in [3.8, 4) is 0 Å². The summed E-state index contributed by atoms with van der Waals surface area (Å²) in [5.41, 5.74) is 1.65. The lowest BCUT2D eigenvalue weighted by Crippen LogP contribution is -2.55. The van der Waals surface area contributed by atoms with Gasteiger partial charge >= 0.3 is 5.69 Å². The van der Waals surface area contributed by atoms with Crippen LogP contribution in [0.4, 0.5) is 10.2 Å². The predicted molar refractivity (Wildman–Crippen MR) is 78.0 cm³/mol. The Morgan fingerprint density at radius 1 is 1.61 bits per heavy atom. The highest BCUT2D eigenvalue weighted by atomic mass is 32.2. The maximum Gasteiger partial charge on any atom is 0.352 e. The molecule has 2 rings (SSSR count). The summed E-state index contributed by atoms with van der Waals surface area (Å²) in [5, 5.41) is 28.6. The molecule has 9 nitrogen and oxygen atoms in total. The van der Waals surface area contributed by atoms with Crippen molar-refractivity contribution in [2.24, 2.45) is 0 Å². The summed E-state index contributed by atoms with van der Waals surface area (Å²) < 4.78 is 19.5. The predicted octanol–water partition coefficient (Wildman–Crippen LogP) is -1.99. The minimum absolute atomic E-state index is 0.274. The molecule has 0 spiro atoms. The maximum absolute atomic E-state index is 13.7. The number of nitrogens with two attached hydrogens (primary N) is 1. The number of nitrogen functional groups attached to an aromatic ring is 1. The van der Waals surface area contributed by atoms with E-state index in [1.165, 1.54) is 0 Å². The number of aromatic nitrogens is 2. The van der Waals surface area contributed by atoms with E-state index in [0.717, 1.165) is 0 Å². The van der Waals surface area contributed by atoms with Crippen molar-refractivity contribution < 1.29 is 29.2 Å². The van der Waals surface area contributed by atoms with E-state index >= 15 is 0 Å². The summed E-state index contributed by atoms with van der Waals surface area (Å²) in [4.78, 5) is 27.8. The van der Waals surface area contributed by atoms with Gasteiger partial charge in [-0.05, 0) is 5.75 Å². The van der Waals surface area contributed by atoms with Gasteiger partial charge in [-0.2, -0.15) is 4.98 Å². The molecule has 1 aromatic rings. The summed E-state index contributed by atoms with van der Waals surface area (Å²) in [7, 11) is 0. The van der Waals surface area contributed by atoms with Crippen molar-refractivity contribution in [3.63, 3.8) is 0 Å². The van der Waals surface area contributed by atoms with Crippen molar-refractivity contribution >= 4 is 22.7 Å². The summed E-state index contributed by atoms with van der Waals surface area (Å²) in [6.45, 7) is 0.922. The first-order chi connectivity index (χ1) is 10.8. The van der Waals surface area contributed by atoms with E-state index in [0.29, 0.717) is 22.5 Å². The Hall–Kier alpha value is -1.53. The summed E-state index contributed by atoms with van der Waals surface area (Å²) in [6, 6.07) is 0. The van der Waals surface area contributed by atoms with Gasteiger partial charge in [-0.1, -0.05) is 18.7 Å². The minimum atomic E-state index is -2.41. The molecule has 23 heavy (non-hydrogen) atoms. The zero-order chi connectivity index (χ0) is 17.4. The number of aliphatic hydroxyl groups is 3. The lowest BCUT2D eigenvalue weighted by Gasteiger charge is -2.31. The number of aliphatic hydroxyl groups excluding tert-OH is 3. The number of thioether (sulfide) groups is 1. The molecular weight excluding hydrogens is 333 g/mol. The average Bonchev–Trinajstić information content (AvgIpc) is 2.76. The topological polar surface area (TPSA) is 148 Å². The highest BCUT2D eigenvalue weighted by molar-refractivity contribution is 8.13. The summed E-state index contributed by atoms with van der Waals surface area (Å²) in [5.74, 6) is -1.50. The van der Waals surface area contributed by atoms with Crippen LogP contribution in [0.15, 0.2) is 11.0 Å². The van der Waals surface area contributed by atoms with Crippen LogP contribution in [-0.2, 0) is 15.3 Å². The zero-order valence-corrected chi connectivity index (χ0v) is 12.9. The van der Waals surface area contributed by atoms with Gasteiger partial charge in [0.25, 0.3) is 0 Å². The highest BCUT2D eigenvalue weighted by Crippen LogP contribution is 2.38. The van der Waals surface area contributed by atoms with Crippen LogP contribution in [0.5, 0.6) is 0 Å². The molecule has 1 saturated heterocycles. The van der Waals surface area contributed by atoms with Crippen molar-refractivity contribution in [2.45, 2.75) is 31.0 Å². The molecule has 1 aliphatic rings. The van der Waals surface area contributed by atoms with Crippen LogP contribution in [0.3, 0.4) is 0 Å². The lowest BCUT2D eigenvalue weighted by molar-refractivity contribution is -0.166. The third kappa shape index (κ3) is 2.74. The standard InChI is InChI=1S/C12H16FN3O6S/c1-2-23-10(20)12(8(19)7(18)6(4-17)22-12)16-3-5(13)9(14)15-11(16)21/h3,6-8,17-19H,2,4H2,1H3,(H2,14,15,21)/t6-,7-,8-,12+/m1/s1. The van der Waals surface area contributed by atoms with Gasteiger partial charge in [0.15, 0.2) is 11.6 Å². The second kappa shape index (κ2) is 6.53. The van der Waals surface area contributed by atoms with Gasteiger partial charge in [0, 0.05) is 0 Å². The number of hydrogen-bond acceptors (Lipinski definition) is 9. The van der Waals surface area contributed by atoms with Crippen molar-refractivity contribution in [3.05, 3.63) is 22.5 Å². The molecule has 4 atom stereocenters. The van der Waals surface area contributed by atoms with E-state index in [9.17, 15) is 29.3 Å². The van der Waals surface area contributed by atoms with Crippen LogP contribution >= 0.6 is 11.8 Å². The molecule has 128 valence electrons. The normalized spacial score (nSPS) is 30.6. The molecule has 0 saturated carbocycles. The van der Waals surface area contributed by atoms with Crippen LogP contribution in [0.1, 0.15) is 6.92 Å². The number of rotatable bonds is 4. The first kappa shape index (κ1) is 17.8. The van der Waals surface area contributed by atoms with Gasteiger partial charge < -0.3 is 25.8 Å². The third-order valence-corrected chi connectivity index (χ3v) is 4.29. The Balaban J connectivity index is 2.68. The average molecular weight is 349 g/mol. The highest BCUT2D eigenvalue weighted by Gasteiger charge is 2.60. The largest absolute Gasteiger partial charge is 0.394 e. The molecule has 0 amide bonds. The first-order valence-electron chi connectivity index (χ1n) is 6.66. The number of halogens is 1. The van der Waals surface area contributed by atoms with Crippen molar-refractivity contribution in [2.75, 3.05) is 18.1 Å². The summed E-state index contributed by atoms with van der Waals surface area (Å²) >= 11 is 0.701. The Morgan fingerprint density at radius 3 is 2.78 bits per heavy atom. The second-order valence-corrected chi connectivity index (χ2v) is 6.05. The summed E-state index contributed by atoms with van der Waals surface area (Å²) in [6.07, 6.45) is -4.32. The molecule has 2 heterocycles. The monoisotopic (exact) mass is 349 g/mol. The first-order valence-corrected chi connectivity index (χ1v) is 7.65. The smallest absolute Gasteiger partial charge is 0.352 e. The zero-order valence-electron chi connectivity index (χ0n) is 12.0. The van der Waals surface area contributed by atoms with E-state index in [4.69, 9.17) is 10.5 Å². The van der Waals surface area contributed by atoms with E-state index in [1.54, 1.807) is 6.92 Å². The molecule has 11 heteroatoms. The number of hydrogen-bond donors (Lipinski definition) is 4. The van der Waals surface area contributed by atoms with Crippen molar-refractivity contribution in [1.82, 2.24) is 9.55 Å². The van der Waals surface area contributed by atoms with E-state index in [-0.39, 0.29) is 5.75 Å². The van der Waals surface area contributed by atoms with Crippen LogP contribution in [0, 0.1) is 5.82 Å². The van der Waals surface area contributed by atoms with Gasteiger partial charge in [-0.15, -0.1) is 0 Å². The Labute approximate surface area is 133 Å². The van der Waals surface area contributed by atoms with E-state index in [1.807, 2.05) is 0 Å². The fraction of sp³-hybridized carbons (Fsp3) is 0.583. The fourth-order valence-electron chi connectivity index (χ4n) is 2.33. The van der Waals surface area contributed by atoms with Gasteiger partial charge in [-0.25, -0.2) is 9.18 Å². The molecule has 1 fully saturated rings. The molecule has 1 aromatic heterocycles. The van der Waals surface area contributed by atoms with E-state index < -0.39 is 53.1 Å². The molecule has 0 unspecified atom stereocenters. The molecule has 0 radical (unpaired) electrons. The third-order valence-electron chi connectivity index (χ3n) is 3.45. The fourth-order valence-corrected chi connectivity index (χ4v) is 3.07. The Bertz CT molecular complexity index is 671.